The summed E-state index contributed by atoms with van der Waals surface area (Å²) in [6, 6.07) is 13.7. The summed E-state index contributed by atoms with van der Waals surface area (Å²) >= 11 is 3.42. The predicted molar refractivity (Wildman–Crippen MR) is 115 cm³/mol. The number of halogens is 1. The second kappa shape index (κ2) is 8.91. The summed E-state index contributed by atoms with van der Waals surface area (Å²) in [5.74, 6) is 0.859. The molecule has 3 rings (SSSR count). The van der Waals surface area contributed by atoms with E-state index in [4.69, 9.17) is 9.47 Å². The van der Waals surface area contributed by atoms with Crippen molar-refractivity contribution in [3.63, 3.8) is 0 Å². The molecule has 0 bridgehead atoms. The zero-order valence-electron chi connectivity index (χ0n) is 16.2. The standard InChI is InChI=1S/C21H20BrN3O4/c1-13-10-14(4-6-17(13)22)23-20(26)12-25-21(27)9-7-18(24-25)16-11-15(28-2)5-8-19(16)29-3/h4-11H,12H2,1-3H3,(H,23,26). The molecule has 0 aliphatic heterocycles. The summed E-state index contributed by atoms with van der Waals surface area (Å²) < 4.78 is 12.7. The van der Waals surface area contributed by atoms with Crippen LogP contribution in [0.2, 0.25) is 0 Å². The lowest BCUT2D eigenvalue weighted by molar-refractivity contribution is -0.117. The topological polar surface area (TPSA) is 82.5 Å². The van der Waals surface area contributed by atoms with Gasteiger partial charge in [-0.2, -0.15) is 5.10 Å². The molecule has 2 aromatic carbocycles. The molecule has 0 aliphatic carbocycles. The van der Waals surface area contributed by atoms with Crippen LogP contribution in [0.3, 0.4) is 0 Å². The Morgan fingerprint density at radius 2 is 1.90 bits per heavy atom. The van der Waals surface area contributed by atoms with Gasteiger partial charge in [0.2, 0.25) is 5.91 Å². The number of hydrogen-bond acceptors (Lipinski definition) is 5. The molecule has 1 heterocycles. The molecule has 1 amide bonds. The molecule has 3 aromatic rings. The first-order chi connectivity index (χ1) is 13.9. The third-order valence-electron chi connectivity index (χ3n) is 4.28. The molecule has 1 aromatic heterocycles. The zero-order valence-corrected chi connectivity index (χ0v) is 17.8. The van der Waals surface area contributed by atoms with Gasteiger partial charge in [-0.15, -0.1) is 0 Å². The lowest BCUT2D eigenvalue weighted by Crippen LogP contribution is -2.29. The SMILES string of the molecule is COc1ccc(OC)c(-c2ccc(=O)n(CC(=O)Nc3ccc(Br)c(C)c3)n2)c1. The minimum atomic E-state index is -0.377. The van der Waals surface area contributed by atoms with E-state index in [9.17, 15) is 9.59 Å². The van der Waals surface area contributed by atoms with Crippen LogP contribution in [0.25, 0.3) is 11.3 Å². The van der Waals surface area contributed by atoms with Crippen LogP contribution in [0.1, 0.15) is 5.56 Å². The van der Waals surface area contributed by atoms with Gasteiger partial charge in [0.15, 0.2) is 0 Å². The van der Waals surface area contributed by atoms with Crippen molar-refractivity contribution in [1.29, 1.82) is 0 Å². The highest BCUT2D eigenvalue weighted by atomic mass is 79.9. The van der Waals surface area contributed by atoms with Crippen LogP contribution in [-0.4, -0.2) is 29.9 Å². The Morgan fingerprint density at radius 1 is 1.10 bits per heavy atom. The van der Waals surface area contributed by atoms with Gasteiger partial charge in [0.05, 0.1) is 19.9 Å². The highest BCUT2D eigenvalue weighted by Gasteiger charge is 2.13. The minimum Gasteiger partial charge on any atom is -0.497 e. The predicted octanol–water partition coefficient (Wildman–Crippen LogP) is 3.64. The fourth-order valence-electron chi connectivity index (χ4n) is 2.78. The van der Waals surface area contributed by atoms with Gasteiger partial charge < -0.3 is 14.8 Å². The summed E-state index contributed by atoms with van der Waals surface area (Å²) in [6.45, 7) is 1.71. The molecule has 0 spiro atoms. The maximum atomic E-state index is 12.4. The van der Waals surface area contributed by atoms with E-state index < -0.39 is 0 Å². The monoisotopic (exact) mass is 457 g/mol. The van der Waals surface area contributed by atoms with E-state index in [0.29, 0.717) is 28.4 Å². The Hall–Kier alpha value is -3.13. The van der Waals surface area contributed by atoms with E-state index >= 15 is 0 Å². The number of ether oxygens (including phenoxy) is 2. The van der Waals surface area contributed by atoms with Crippen molar-refractivity contribution < 1.29 is 14.3 Å². The zero-order chi connectivity index (χ0) is 21.0. The van der Waals surface area contributed by atoms with Crippen LogP contribution in [0, 0.1) is 6.92 Å². The van der Waals surface area contributed by atoms with Gasteiger partial charge in [0, 0.05) is 21.8 Å². The third-order valence-corrected chi connectivity index (χ3v) is 5.17. The number of benzene rings is 2. The molecule has 0 saturated heterocycles. The number of nitrogens with one attached hydrogen (secondary N) is 1. The summed E-state index contributed by atoms with van der Waals surface area (Å²) in [5.41, 5.74) is 2.41. The van der Waals surface area contributed by atoms with Gasteiger partial charge in [-0.25, -0.2) is 4.68 Å². The number of hydrogen-bond donors (Lipinski definition) is 1. The van der Waals surface area contributed by atoms with E-state index in [1.807, 2.05) is 19.1 Å². The number of anilines is 1. The average Bonchev–Trinajstić information content (AvgIpc) is 2.72. The highest BCUT2D eigenvalue weighted by molar-refractivity contribution is 9.10. The van der Waals surface area contributed by atoms with E-state index in [0.717, 1.165) is 14.7 Å². The first-order valence-electron chi connectivity index (χ1n) is 8.78. The molecule has 7 nitrogen and oxygen atoms in total. The Balaban J connectivity index is 1.87. The largest absolute Gasteiger partial charge is 0.497 e. The number of carbonyl (C=O) groups is 1. The van der Waals surface area contributed by atoms with Crippen LogP contribution < -0.4 is 20.3 Å². The van der Waals surface area contributed by atoms with Crippen LogP contribution in [0.15, 0.2) is 57.8 Å². The van der Waals surface area contributed by atoms with Crippen LogP contribution >= 0.6 is 15.9 Å². The second-order valence-electron chi connectivity index (χ2n) is 6.29. The van der Waals surface area contributed by atoms with Gasteiger partial charge >= 0.3 is 0 Å². The summed E-state index contributed by atoms with van der Waals surface area (Å²) in [4.78, 5) is 24.7. The van der Waals surface area contributed by atoms with Gasteiger partial charge in [-0.05, 0) is 55.0 Å². The molecule has 8 heteroatoms. The van der Waals surface area contributed by atoms with Crippen molar-refractivity contribution in [3.8, 4) is 22.8 Å². The minimum absolute atomic E-state index is 0.214. The van der Waals surface area contributed by atoms with E-state index in [-0.39, 0.29) is 18.0 Å². The molecule has 0 atom stereocenters. The number of methoxy groups -OCH3 is 2. The molecule has 0 aliphatic rings. The van der Waals surface area contributed by atoms with Crippen molar-refractivity contribution in [2.75, 3.05) is 19.5 Å². The number of aromatic nitrogens is 2. The number of nitrogens with zero attached hydrogens (tertiary/aromatic N) is 2. The van der Waals surface area contributed by atoms with Gasteiger partial charge in [0.25, 0.3) is 5.56 Å². The Morgan fingerprint density at radius 3 is 2.59 bits per heavy atom. The third kappa shape index (κ3) is 4.83. The fourth-order valence-corrected chi connectivity index (χ4v) is 3.03. The molecule has 29 heavy (non-hydrogen) atoms. The number of amides is 1. The Kier molecular flexibility index (Phi) is 6.33. The number of aryl methyl sites for hydroxylation is 1. The summed E-state index contributed by atoms with van der Waals surface area (Å²) in [5, 5.41) is 7.12. The fraction of sp³-hybridized carbons (Fsp3) is 0.190. The molecule has 0 saturated carbocycles. The Labute approximate surface area is 176 Å². The van der Waals surface area contributed by atoms with Crippen LogP contribution in [0.4, 0.5) is 5.69 Å². The first-order valence-corrected chi connectivity index (χ1v) is 9.57. The first kappa shape index (κ1) is 20.6. The maximum absolute atomic E-state index is 12.4. The van der Waals surface area contributed by atoms with E-state index in [2.05, 4.69) is 26.3 Å². The maximum Gasteiger partial charge on any atom is 0.267 e. The number of carbonyl (C=O) groups excluding carboxylic acids is 1. The van der Waals surface area contributed by atoms with Gasteiger partial charge in [-0.1, -0.05) is 15.9 Å². The van der Waals surface area contributed by atoms with E-state index in [1.165, 1.54) is 6.07 Å². The van der Waals surface area contributed by atoms with Crippen molar-refractivity contribution >= 4 is 27.5 Å². The average molecular weight is 458 g/mol. The van der Waals surface area contributed by atoms with Gasteiger partial charge in [0.1, 0.15) is 18.0 Å². The smallest absolute Gasteiger partial charge is 0.267 e. The molecule has 1 N–H and O–H groups in total. The summed E-state index contributed by atoms with van der Waals surface area (Å²) in [6.07, 6.45) is 0. The lowest BCUT2D eigenvalue weighted by atomic mass is 10.1. The van der Waals surface area contributed by atoms with E-state index in [1.54, 1.807) is 44.6 Å². The molecule has 0 radical (unpaired) electrons. The second-order valence-corrected chi connectivity index (χ2v) is 7.15. The summed E-state index contributed by atoms with van der Waals surface area (Å²) in [7, 11) is 3.11. The van der Waals surface area contributed by atoms with Crippen molar-refractivity contribution in [1.82, 2.24) is 9.78 Å². The van der Waals surface area contributed by atoms with Crippen molar-refractivity contribution in [2.24, 2.45) is 0 Å². The lowest BCUT2D eigenvalue weighted by Gasteiger charge is -2.12. The molecular formula is C21H20BrN3O4. The highest BCUT2D eigenvalue weighted by Crippen LogP contribution is 2.31. The molecule has 0 fully saturated rings. The molecule has 150 valence electrons. The Bertz CT molecular complexity index is 1110. The van der Waals surface area contributed by atoms with Crippen molar-refractivity contribution in [3.05, 3.63) is 68.9 Å². The molecule has 0 unspecified atom stereocenters. The number of rotatable bonds is 6. The van der Waals surface area contributed by atoms with Crippen molar-refractivity contribution in [2.45, 2.75) is 13.5 Å². The quantitative estimate of drug-likeness (QED) is 0.610. The van der Waals surface area contributed by atoms with Crippen LogP contribution in [-0.2, 0) is 11.3 Å². The van der Waals surface area contributed by atoms with Crippen LogP contribution in [0.5, 0.6) is 11.5 Å². The molecular weight excluding hydrogens is 438 g/mol. The normalized spacial score (nSPS) is 10.5. The van der Waals surface area contributed by atoms with Gasteiger partial charge in [-0.3, -0.25) is 9.59 Å².